The van der Waals surface area contributed by atoms with Crippen molar-refractivity contribution in [2.75, 3.05) is 19.6 Å². The standard InChI is InChI=1S/C47H74N8O10/c1-9-28(7)38(43(60)52-39(29(8)10-2)46(63)54-22-12-15-35(54)44(61)55-23-13-16-36(55)47(64)65)51-41(58)33(24-26(3)4)49-42(59)34-14-11-21-53(34)45(62)37(27(5)6)50-40(57)32(48)25-30-17-19-31(56)20-18-30/h17-20,26-29,32-39,56H,9-16,21-25,48H2,1-8H3,(H,49,59)(H,50,57)(H,51,58)(H,52,60)(H,64,65)/t28-,29-,32-,33-,34-,35-,36-,37-,38-,39-/m0/s1. The highest BCUT2D eigenvalue weighted by atomic mass is 16.4. The summed E-state index contributed by atoms with van der Waals surface area (Å²) in [6, 6.07) is -1.59. The van der Waals surface area contributed by atoms with Crippen LogP contribution in [0.3, 0.4) is 0 Å². The van der Waals surface area contributed by atoms with E-state index in [0.717, 1.165) is 5.56 Å². The van der Waals surface area contributed by atoms with E-state index in [-0.39, 0.29) is 49.4 Å². The van der Waals surface area contributed by atoms with E-state index in [0.29, 0.717) is 57.9 Å². The molecule has 1 aromatic rings. The van der Waals surface area contributed by atoms with Gasteiger partial charge in [-0.25, -0.2) is 4.79 Å². The van der Waals surface area contributed by atoms with E-state index < -0.39 is 102 Å². The van der Waals surface area contributed by atoms with Gasteiger partial charge in [-0.05, 0) is 92.7 Å². The Balaban J connectivity index is 1.47. The lowest BCUT2D eigenvalue weighted by atomic mass is 9.93. The Hall–Kier alpha value is -5.26. The summed E-state index contributed by atoms with van der Waals surface area (Å²) in [6.07, 6.45) is 4.06. The van der Waals surface area contributed by atoms with Crippen LogP contribution in [0.1, 0.15) is 119 Å². The average molecular weight is 911 g/mol. The maximum atomic E-state index is 14.3. The molecule has 7 amide bonds. The van der Waals surface area contributed by atoms with Crippen LogP contribution in [0.4, 0.5) is 0 Å². The number of amides is 7. The number of aromatic hydroxyl groups is 1. The fourth-order valence-corrected chi connectivity index (χ4v) is 9.03. The van der Waals surface area contributed by atoms with E-state index in [2.05, 4.69) is 21.3 Å². The molecule has 0 saturated carbocycles. The maximum Gasteiger partial charge on any atom is 0.326 e. The molecule has 10 atom stereocenters. The lowest BCUT2D eigenvalue weighted by Crippen LogP contribution is -2.62. The monoisotopic (exact) mass is 911 g/mol. The molecule has 3 aliphatic heterocycles. The van der Waals surface area contributed by atoms with E-state index in [1.54, 1.807) is 32.9 Å². The second-order valence-electron chi connectivity index (χ2n) is 19.0. The summed E-state index contributed by atoms with van der Waals surface area (Å²) in [4.78, 5) is 114. The number of nitrogens with two attached hydrogens (primary N) is 1. The molecule has 0 unspecified atom stereocenters. The maximum absolute atomic E-state index is 14.3. The smallest absolute Gasteiger partial charge is 0.326 e. The first-order valence-electron chi connectivity index (χ1n) is 23.6. The number of benzene rings is 1. The van der Waals surface area contributed by atoms with Crippen LogP contribution < -0.4 is 27.0 Å². The Morgan fingerprint density at radius 1 is 0.646 bits per heavy atom. The summed E-state index contributed by atoms with van der Waals surface area (Å²) < 4.78 is 0. The first kappa shape index (κ1) is 52.4. The highest BCUT2D eigenvalue weighted by Gasteiger charge is 2.45. The van der Waals surface area contributed by atoms with Gasteiger partial charge in [-0.3, -0.25) is 33.6 Å². The third kappa shape index (κ3) is 13.4. The molecule has 3 aliphatic rings. The van der Waals surface area contributed by atoms with Crippen molar-refractivity contribution in [3.05, 3.63) is 29.8 Å². The molecule has 3 saturated heterocycles. The van der Waals surface area contributed by atoms with Gasteiger partial charge in [0.2, 0.25) is 41.4 Å². The summed E-state index contributed by atoms with van der Waals surface area (Å²) in [5.41, 5.74) is 6.95. The predicted molar refractivity (Wildman–Crippen MR) is 243 cm³/mol. The molecule has 362 valence electrons. The van der Waals surface area contributed by atoms with Crippen LogP contribution in [0.25, 0.3) is 0 Å². The molecular weight excluding hydrogens is 837 g/mol. The molecule has 0 aromatic heterocycles. The normalized spacial score (nSPS) is 21.8. The SMILES string of the molecule is CC[C@H](C)[C@H](NC(=O)[C@H](CC(C)C)NC(=O)[C@@H]1CCCN1C(=O)[C@@H](NC(=O)[C@@H](N)Cc1ccc(O)cc1)C(C)C)C(=O)N[C@H](C(=O)N1CCC[C@H]1C(=O)N1CCC[C@H]1C(=O)O)[C@@H](C)CC. The zero-order valence-electron chi connectivity index (χ0n) is 39.5. The van der Waals surface area contributed by atoms with Crippen LogP contribution >= 0.6 is 0 Å². The Morgan fingerprint density at radius 3 is 1.69 bits per heavy atom. The van der Waals surface area contributed by atoms with Crippen LogP contribution in [0.2, 0.25) is 0 Å². The van der Waals surface area contributed by atoms with Crippen molar-refractivity contribution in [3.63, 3.8) is 0 Å². The molecule has 65 heavy (non-hydrogen) atoms. The summed E-state index contributed by atoms with van der Waals surface area (Å²) in [5, 5.41) is 30.8. The zero-order chi connectivity index (χ0) is 48.3. The number of phenols is 1. The number of hydrogen-bond acceptors (Lipinski definition) is 10. The topological polar surface area (TPSA) is 261 Å². The Bertz CT molecular complexity index is 1860. The van der Waals surface area contributed by atoms with Crippen molar-refractivity contribution in [2.45, 2.75) is 168 Å². The highest BCUT2D eigenvalue weighted by molar-refractivity contribution is 5.98. The summed E-state index contributed by atoms with van der Waals surface area (Å²) in [7, 11) is 0. The molecule has 8 N–H and O–H groups in total. The van der Waals surface area contributed by atoms with Gasteiger partial charge in [-0.15, -0.1) is 0 Å². The van der Waals surface area contributed by atoms with E-state index in [1.165, 1.54) is 26.8 Å². The number of nitrogens with zero attached hydrogens (tertiary/aromatic N) is 3. The number of carbonyl (C=O) groups excluding carboxylic acids is 7. The van der Waals surface area contributed by atoms with Gasteiger partial charge < -0.3 is 51.9 Å². The van der Waals surface area contributed by atoms with Crippen molar-refractivity contribution in [1.82, 2.24) is 36.0 Å². The molecule has 0 aliphatic carbocycles. The Kier molecular flexibility index (Phi) is 19.2. The van der Waals surface area contributed by atoms with Crippen LogP contribution in [0.15, 0.2) is 24.3 Å². The second kappa shape index (κ2) is 23.8. The first-order valence-corrected chi connectivity index (χ1v) is 23.6. The number of carboxylic acid groups (broad SMARTS) is 1. The molecule has 0 bridgehead atoms. The number of carboxylic acids is 1. The lowest BCUT2D eigenvalue weighted by Gasteiger charge is -2.35. The molecule has 0 spiro atoms. The van der Waals surface area contributed by atoms with E-state index >= 15 is 0 Å². The minimum absolute atomic E-state index is 0.0654. The van der Waals surface area contributed by atoms with Crippen LogP contribution in [-0.2, 0) is 44.8 Å². The number of likely N-dealkylation sites (tertiary alicyclic amines) is 3. The molecule has 4 rings (SSSR count). The number of rotatable bonds is 21. The van der Waals surface area contributed by atoms with Gasteiger partial charge in [0.05, 0.1) is 6.04 Å². The van der Waals surface area contributed by atoms with E-state index in [9.17, 15) is 48.6 Å². The number of carbonyl (C=O) groups is 8. The fourth-order valence-electron chi connectivity index (χ4n) is 9.03. The van der Waals surface area contributed by atoms with Gasteiger partial charge in [0.25, 0.3) is 0 Å². The molecule has 0 radical (unpaired) electrons. The van der Waals surface area contributed by atoms with Crippen molar-refractivity contribution >= 4 is 47.3 Å². The van der Waals surface area contributed by atoms with Crippen LogP contribution in [-0.4, -0.2) is 140 Å². The Morgan fingerprint density at radius 2 is 1.14 bits per heavy atom. The van der Waals surface area contributed by atoms with Gasteiger partial charge in [0, 0.05) is 19.6 Å². The number of nitrogens with one attached hydrogen (secondary N) is 4. The largest absolute Gasteiger partial charge is 0.508 e. The van der Waals surface area contributed by atoms with Crippen LogP contribution in [0.5, 0.6) is 5.75 Å². The predicted octanol–water partition coefficient (Wildman–Crippen LogP) is 2.05. The third-order valence-corrected chi connectivity index (χ3v) is 13.3. The van der Waals surface area contributed by atoms with Crippen molar-refractivity contribution in [2.24, 2.45) is 29.4 Å². The van der Waals surface area contributed by atoms with Gasteiger partial charge in [-0.1, -0.05) is 80.4 Å². The number of hydrogen-bond donors (Lipinski definition) is 7. The van der Waals surface area contributed by atoms with Gasteiger partial charge in [-0.2, -0.15) is 0 Å². The quantitative estimate of drug-likeness (QED) is 0.0939. The van der Waals surface area contributed by atoms with Gasteiger partial charge >= 0.3 is 5.97 Å². The van der Waals surface area contributed by atoms with E-state index in [1.807, 2.05) is 34.6 Å². The number of phenolic OH excluding ortho intramolecular Hbond substituents is 1. The van der Waals surface area contributed by atoms with Crippen molar-refractivity contribution in [3.8, 4) is 5.75 Å². The minimum Gasteiger partial charge on any atom is -0.508 e. The van der Waals surface area contributed by atoms with Gasteiger partial charge in [0.15, 0.2) is 0 Å². The summed E-state index contributed by atoms with van der Waals surface area (Å²) >= 11 is 0. The number of aliphatic carboxylic acids is 1. The molecule has 18 heteroatoms. The van der Waals surface area contributed by atoms with Gasteiger partial charge in [0.1, 0.15) is 48.0 Å². The van der Waals surface area contributed by atoms with Crippen LogP contribution in [0, 0.1) is 23.7 Å². The zero-order valence-corrected chi connectivity index (χ0v) is 39.5. The summed E-state index contributed by atoms with van der Waals surface area (Å²) in [6.45, 7) is 15.6. The fraction of sp³-hybridized carbons (Fsp3) is 0.702. The summed E-state index contributed by atoms with van der Waals surface area (Å²) in [5.74, 6) is -5.74. The minimum atomic E-state index is -1.10. The second-order valence-corrected chi connectivity index (χ2v) is 19.0. The molecular formula is C47H74N8O10. The Labute approximate surface area is 383 Å². The molecule has 18 nitrogen and oxygen atoms in total. The third-order valence-electron chi connectivity index (χ3n) is 13.3. The molecule has 1 aromatic carbocycles. The van der Waals surface area contributed by atoms with Crippen molar-refractivity contribution < 1.29 is 48.6 Å². The highest BCUT2D eigenvalue weighted by Crippen LogP contribution is 2.27. The average Bonchev–Trinajstić information content (AvgIpc) is 4.07. The molecule has 3 fully saturated rings. The van der Waals surface area contributed by atoms with Crippen molar-refractivity contribution in [1.29, 1.82) is 0 Å². The first-order chi connectivity index (χ1) is 30.7. The molecule has 3 heterocycles. The lowest BCUT2D eigenvalue weighted by molar-refractivity contribution is -0.152. The van der Waals surface area contributed by atoms with E-state index in [4.69, 9.17) is 5.73 Å².